The molecule has 1 fully saturated rings. The summed E-state index contributed by atoms with van der Waals surface area (Å²) in [4.78, 5) is 28.1. The second-order valence-corrected chi connectivity index (χ2v) is 7.69. The zero-order valence-corrected chi connectivity index (χ0v) is 15.7. The second-order valence-electron chi connectivity index (χ2n) is 6.87. The van der Waals surface area contributed by atoms with Crippen molar-refractivity contribution in [3.63, 3.8) is 0 Å². The lowest BCUT2D eigenvalue weighted by Gasteiger charge is -2.37. The van der Waals surface area contributed by atoms with Crippen LogP contribution in [0.15, 0.2) is 24.3 Å². The van der Waals surface area contributed by atoms with Gasteiger partial charge in [0.05, 0.1) is 10.0 Å². The fourth-order valence-corrected chi connectivity index (χ4v) is 2.80. The smallest absolute Gasteiger partial charge is 0.246 e. The fraction of sp³-hybridized carbons (Fsp3) is 0.444. The first-order valence-corrected chi connectivity index (χ1v) is 8.65. The highest BCUT2D eigenvalue weighted by atomic mass is 35.5. The summed E-state index contributed by atoms with van der Waals surface area (Å²) in [5.41, 5.74) is 0.430. The van der Waals surface area contributed by atoms with E-state index in [9.17, 15) is 9.59 Å². The van der Waals surface area contributed by atoms with E-state index in [-0.39, 0.29) is 17.2 Å². The number of halogens is 2. The predicted molar refractivity (Wildman–Crippen MR) is 98.1 cm³/mol. The minimum atomic E-state index is -0.389. The Balaban J connectivity index is 1.92. The Hall–Kier alpha value is -1.52. The first kappa shape index (κ1) is 18.8. The van der Waals surface area contributed by atoms with Crippen LogP contribution in [-0.2, 0) is 9.59 Å². The van der Waals surface area contributed by atoms with Crippen molar-refractivity contribution < 1.29 is 9.59 Å². The van der Waals surface area contributed by atoms with Crippen LogP contribution in [0.5, 0.6) is 0 Å². The van der Waals surface area contributed by atoms with Gasteiger partial charge in [0.2, 0.25) is 11.8 Å². The molecule has 2 rings (SSSR count). The largest absolute Gasteiger partial charge is 0.339 e. The number of carbonyl (C=O) groups is 2. The molecule has 0 N–H and O–H groups in total. The predicted octanol–water partition coefficient (Wildman–Crippen LogP) is 3.72. The Morgan fingerprint density at radius 2 is 1.58 bits per heavy atom. The van der Waals surface area contributed by atoms with Crippen LogP contribution in [0.2, 0.25) is 10.0 Å². The van der Waals surface area contributed by atoms with Crippen LogP contribution >= 0.6 is 23.2 Å². The Morgan fingerprint density at radius 1 is 1.00 bits per heavy atom. The molecule has 1 aliphatic heterocycles. The second kappa shape index (κ2) is 7.58. The summed E-state index contributed by atoms with van der Waals surface area (Å²) in [6.07, 6.45) is 3.25. The maximum Gasteiger partial charge on any atom is 0.246 e. The molecule has 4 nitrogen and oxygen atoms in total. The van der Waals surface area contributed by atoms with Gasteiger partial charge in [0.25, 0.3) is 0 Å². The highest BCUT2D eigenvalue weighted by Gasteiger charge is 2.30. The van der Waals surface area contributed by atoms with E-state index in [4.69, 9.17) is 23.2 Å². The summed E-state index contributed by atoms with van der Waals surface area (Å²) >= 11 is 11.8. The molecule has 1 aromatic carbocycles. The monoisotopic (exact) mass is 368 g/mol. The molecule has 0 aliphatic carbocycles. The molecule has 1 saturated heterocycles. The summed E-state index contributed by atoms with van der Waals surface area (Å²) in [7, 11) is 0. The molecule has 0 spiro atoms. The number of amides is 2. The Labute approximate surface area is 153 Å². The van der Waals surface area contributed by atoms with Crippen molar-refractivity contribution in [2.24, 2.45) is 5.41 Å². The number of hydrogen-bond acceptors (Lipinski definition) is 2. The summed E-state index contributed by atoms with van der Waals surface area (Å²) in [6.45, 7) is 7.97. The lowest BCUT2D eigenvalue weighted by Crippen LogP contribution is -2.52. The maximum atomic E-state index is 12.3. The van der Waals surface area contributed by atoms with Crippen LogP contribution in [0.25, 0.3) is 6.08 Å². The van der Waals surface area contributed by atoms with E-state index in [1.54, 1.807) is 29.2 Å². The average Bonchev–Trinajstić information content (AvgIpc) is 2.54. The summed E-state index contributed by atoms with van der Waals surface area (Å²) in [6, 6.07) is 5.22. The van der Waals surface area contributed by atoms with E-state index in [0.29, 0.717) is 36.2 Å². The first-order chi connectivity index (χ1) is 11.2. The quantitative estimate of drug-likeness (QED) is 0.746. The molecular weight excluding hydrogens is 347 g/mol. The van der Waals surface area contributed by atoms with Crippen LogP contribution in [-0.4, -0.2) is 47.8 Å². The van der Waals surface area contributed by atoms with Gasteiger partial charge >= 0.3 is 0 Å². The van der Waals surface area contributed by atoms with E-state index in [2.05, 4.69) is 0 Å². The van der Waals surface area contributed by atoms with Crippen molar-refractivity contribution in [3.05, 3.63) is 39.9 Å². The first-order valence-electron chi connectivity index (χ1n) is 7.90. The van der Waals surface area contributed by atoms with Gasteiger partial charge in [-0.05, 0) is 23.8 Å². The van der Waals surface area contributed by atoms with Crippen LogP contribution < -0.4 is 0 Å². The van der Waals surface area contributed by atoms with Crippen molar-refractivity contribution in [1.29, 1.82) is 0 Å². The third-order valence-electron chi connectivity index (χ3n) is 3.88. The van der Waals surface area contributed by atoms with E-state index in [0.717, 1.165) is 5.56 Å². The molecule has 2 amide bonds. The van der Waals surface area contributed by atoms with Gasteiger partial charge in [0, 0.05) is 37.7 Å². The minimum absolute atomic E-state index is 0.0658. The van der Waals surface area contributed by atoms with Gasteiger partial charge in [-0.2, -0.15) is 0 Å². The van der Waals surface area contributed by atoms with Crippen molar-refractivity contribution in [3.8, 4) is 0 Å². The summed E-state index contributed by atoms with van der Waals surface area (Å²) < 4.78 is 0. The number of benzene rings is 1. The van der Waals surface area contributed by atoms with Gasteiger partial charge in [-0.1, -0.05) is 50.0 Å². The van der Waals surface area contributed by atoms with Crippen molar-refractivity contribution in [1.82, 2.24) is 9.80 Å². The van der Waals surface area contributed by atoms with Gasteiger partial charge < -0.3 is 9.80 Å². The highest BCUT2D eigenvalue weighted by molar-refractivity contribution is 6.42. The van der Waals surface area contributed by atoms with E-state index >= 15 is 0 Å². The molecule has 24 heavy (non-hydrogen) atoms. The number of nitrogens with zero attached hydrogens (tertiary/aromatic N) is 2. The molecule has 0 unspecified atom stereocenters. The third kappa shape index (κ3) is 4.74. The summed E-state index contributed by atoms with van der Waals surface area (Å²) in [5.74, 6) is 0.0601. The van der Waals surface area contributed by atoms with Crippen LogP contribution in [0, 0.1) is 5.41 Å². The van der Waals surface area contributed by atoms with Crippen LogP contribution in [0.4, 0.5) is 0 Å². The Morgan fingerprint density at radius 3 is 2.12 bits per heavy atom. The highest BCUT2D eigenvalue weighted by Crippen LogP contribution is 2.23. The SMILES string of the molecule is CC(C)(C)C(=O)N1CCN(C(=O)/C=C/c2ccc(Cl)c(Cl)c2)CC1. The topological polar surface area (TPSA) is 40.6 Å². The normalized spacial score (nSPS) is 15.9. The zero-order chi connectivity index (χ0) is 17.9. The van der Waals surface area contributed by atoms with Crippen LogP contribution in [0.3, 0.4) is 0 Å². The Bertz CT molecular complexity index is 657. The number of carbonyl (C=O) groups excluding carboxylic acids is 2. The lowest BCUT2D eigenvalue weighted by molar-refractivity contribution is -0.143. The zero-order valence-electron chi connectivity index (χ0n) is 14.2. The number of piperazine rings is 1. The molecule has 0 bridgehead atoms. The average molecular weight is 369 g/mol. The molecule has 1 heterocycles. The summed E-state index contributed by atoms with van der Waals surface area (Å²) in [5, 5.41) is 0.945. The molecule has 1 aromatic rings. The minimum Gasteiger partial charge on any atom is -0.339 e. The van der Waals surface area contributed by atoms with E-state index in [1.165, 1.54) is 6.08 Å². The van der Waals surface area contributed by atoms with Crippen molar-refractivity contribution in [2.75, 3.05) is 26.2 Å². The molecular formula is C18H22Cl2N2O2. The fourth-order valence-electron chi connectivity index (χ4n) is 2.49. The number of hydrogen-bond donors (Lipinski definition) is 0. The van der Waals surface area contributed by atoms with Gasteiger partial charge in [-0.3, -0.25) is 9.59 Å². The van der Waals surface area contributed by atoms with Gasteiger partial charge in [0.1, 0.15) is 0 Å². The Kier molecular flexibility index (Phi) is 5.94. The molecule has 0 aromatic heterocycles. The lowest BCUT2D eigenvalue weighted by atomic mass is 9.94. The molecule has 0 atom stereocenters. The van der Waals surface area contributed by atoms with Gasteiger partial charge in [0.15, 0.2) is 0 Å². The number of rotatable bonds is 2. The molecule has 0 saturated carbocycles. The maximum absolute atomic E-state index is 12.3. The van der Waals surface area contributed by atoms with E-state index < -0.39 is 0 Å². The van der Waals surface area contributed by atoms with Gasteiger partial charge in [-0.15, -0.1) is 0 Å². The van der Waals surface area contributed by atoms with E-state index in [1.807, 2.05) is 25.7 Å². The third-order valence-corrected chi connectivity index (χ3v) is 4.62. The molecule has 0 radical (unpaired) electrons. The molecule has 6 heteroatoms. The van der Waals surface area contributed by atoms with Crippen LogP contribution in [0.1, 0.15) is 26.3 Å². The van der Waals surface area contributed by atoms with Crippen molar-refractivity contribution in [2.45, 2.75) is 20.8 Å². The van der Waals surface area contributed by atoms with Gasteiger partial charge in [-0.25, -0.2) is 0 Å². The molecule has 130 valence electrons. The standard InChI is InChI=1S/C18H22Cl2N2O2/c1-18(2,3)17(24)22-10-8-21(9-11-22)16(23)7-5-13-4-6-14(19)15(20)12-13/h4-7,12H,8-11H2,1-3H3/b7-5+. The molecule has 1 aliphatic rings. The van der Waals surface area contributed by atoms with Crippen molar-refractivity contribution >= 4 is 41.1 Å².